The van der Waals surface area contributed by atoms with E-state index in [1.807, 2.05) is 48.9 Å². The molecule has 96 valence electrons. The van der Waals surface area contributed by atoms with Crippen molar-refractivity contribution >= 4 is 23.4 Å². The maximum atomic E-state index is 5.83. The zero-order chi connectivity index (χ0) is 13.1. The lowest BCUT2D eigenvalue weighted by atomic mass is 10.4. The van der Waals surface area contributed by atoms with Crippen LogP contribution in [0.4, 0.5) is 11.8 Å². The summed E-state index contributed by atoms with van der Waals surface area (Å²) in [7, 11) is 5.93. The molecule has 2 heterocycles. The predicted molar refractivity (Wildman–Crippen MR) is 74.1 cm³/mol. The molecule has 18 heavy (non-hydrogen) atoms. The second-order valence-corrected chi connectivity index (χ2v) is 4.59. The van der Waals surface area contributed by atoms with Gasteiger partial charge in [-0.15, -0.1) is 0 Å². The molecule has 0 aliphatic carbocycles. The lowest BCUT2D eigenvalue weighted by Crippen LogP contribution is -2.15. The lowest BCUT2D eigenvalue weighted by Gasteiger charge is -2.13. The SMILES string of the molecule is CN(C)c1ncc(CNc2cccc(Cl)n2)n1C. The van der Waals surface area contributed by atoms with Gasteiger partial charge in [-0.3, -0.25) is 0 Å². The Labute approximate surface area is 111 Å². The molecule has 2 aromatic heterocycles. The number of nitrogens with one attached hydrogen (secondary N) is 1. The van der Waals surface area contributed by atoms with Gasteiger partial charge in [0.2, 0.25) is 5.95 Å². The average Bonchev–Trinajstić information content (AvgIpc) is 2.68. The Morgan fingerprint density at radius 1 is 1.39 bits per heavy atom. The van der Waals surface area contributed by atoms with Crippen LogP contribution < -0.4 is 10.2 Å². The molecule has 0 aliphatic heterocycles. The first-order valence-electron chi connectivity index (χ1n) is 5.62. The molecule has 0 spiro atoms. The van der Waals surface area contributed by atoms with Gasteiger partial charge in [-0.05, 0) is 12.1 Å². The van der Waals surface area contributed by atoms with Gasteiger partial charge in [0.15, 0.2) is 0 Å². The van der Waals surface area contributed by atoms with E-state index in [9.17, 15) is 0 Å². The highest BCUT2D eigenvalue weighted by Gasteiger charge is 2.07. The van der Waals surface area contributed by atoms with E-state index in [-0.39, 0.29) is 0 Å². The molecule has 0 fully saturated rings. The zero-order valence-corrected chi connectivity index (χ0v) is 11.4. The van der Waals surface area contributed by atoms with Gasteiger partial charge in [-0.1, -0.05) is 17.7 Å². The molecule has 0 unspecified atom stereocenters. The maximum Gasteiger partial charge on any atom is 0.204 e. The van der Waals surface area contributed by atoms with E-state index >= 15 is 0 Å². The number of anilines is 2. The summed E-state index contributed by atoms with van der Waals surface area (Å²) in [5, 5.41) is 3.71. The Hall–Kier alpha value is -1.75. The third-order valence-corrected chi connectivity index (χ3v) is 2.84. The Kier molecular flexibility index (Phi) is 3.72. The van der Waals surface area contributed by atoms with Gasteiger partial charge in [0, 0.05) is 21.1 Å². The second-order valence-electron chi connectivity index (χ2n) is 4.20. The number of halogens is 1. The Morgan fingerprint density at radius 3 is 2.78 bits per heavy atom. The molecule has 1 N–H and O–H groups in total. The fraction of sp³-hybridized carbons (Fsp3) is 0.333. The largest absolute Gasteiger partial charge is 0.364 e. The summed E-state index contributed by atoms with van der Waals surface area (Å²) in [4.78, 5) is 10.5. The van der Waals surface area contributed by atoms with Gasteiger partial charge in [-0.25, -0.2) is 9.97 Å². The summed E-state index contributed by atoms with van der Waals surface area (Å²) in [6.07, 6.45) is 1.85. The number of imidazole rings is 1. The summed E-state index contributed by atoms with van der Waals surface area (Å²) >= 11 is 5.83. The van der Waals surface area contributed by atoms with Gasteiger partial charge < -0.3 is 14.8 Å². The minimum atomic E-state index is 0.485. The summed E-state index contributed by atoms with van der Waals surface area (Å²) in [5.74, 6) is 1.68. The highest BCUT2D eigenvalue weighted by molar-refractivity contribution is 6.29. The monoisotopic (exact) mass is 265 g/mol. The Morgan fingerprint density at radius 2 is 2.17 bits per heavy atom. The Bertz CT molecular complexity index is 535. The van der Waals surface area contributed by atoms with Gasteiger partial charge in [-0.2, -0.15) is 0 Å². The van der Waals surface area contributed by atoms with E-state index in [1.165, 1.54) is 0 Å². The minimum absolute atomic E-state index is 0.485. The molecule has 0 amide bonds. The van der Waals surface area contributed by atoms with E-state index in [1.54, 1.807) is 6.07 Å². The number of nitrogens with zero attached hydrogens (tertiary/aromatic N) is 4. The van der Waals surface area contributed by atoms with E-state index < -0.39 is 0 Å². The lowest BCUT2D eigenvalue weighted by molar-refractivity contribution is 0.812. The summed E-state index contributed by atoms with van der Waals surface area (Å²) in [5.41, 5.74) is 1.08. The highest BCUT2D eigenvalue weighted by Crippen LogP contribution is 2.13. The van der Waals surface area contributed by atoms with Gasteiger partial charge in [0.25, 0.3) is 0 Å². The maximum absolute atomic E-state index is 5.83. The molecule has 2 rings (SSSR count). The van der Waals surface area contributed by atoms with Crippen LogP contribution in [0.3, 0.4) is 0 Å². The molecular formula is C12H16ClN5. The predicted octanol–water partition coefficient (Wildman–Crippen LogP) is 2.15. The van der Waals surface area contributed by atoms with Crippen molar-refractivity contribution in [1.29, 1.82) is 0 Å². The van der Waals surface area contributed by atoms with E-state index in [4.69, 9.17) is 11.6 Å². The molecule has 0 radical (unpaired) electrons. The van der Waals surface area contributed by atoms with Crippen molar-refractivity contribution in [3.8, 4) is 0 Å². The number of hydrogen-bond acceptors (Lipinski definition) is 4. The fourth-order valence-electron chi connectivity index (χ4n) is 1.70. The van der Waals surface area contributed by atoms with Crippen LogP contribution in [0.5, 0.6) is 0 Å². The molecule has 0 saturated heterocycles. The first-order valence-corrected chi connectivity index (χ1v) is 6.00. The van der Waals surface area contributed by atoms with Crippen LogP contribution in [-0.2, 0) is 13.6 Å². The van der Waals surface area contributed by atoms with E-state index in [2.05, 4.69) is 15.3 Å². The molecule has 0 bridgehead atoms. The molecule has 0 atom stereocenters. The number of pyridine rings is 1. The van der Waals surface area contributed by atoms with Crippen LogP contribution in [0.15, 0.2) is 24.4 Å². The first-order chi connectivity index (χ1) is 8.58. The van der Waals surface area contributed by atoms with Crippen LogP contribution in [0.1, 0.15) is 5.69 Å². The smallest absolute Gasteiger partial charge is 0.204 e. The van der Waals surface area contributed by atoms with Crippen LogP contribution in [0.25, 0.3) is 0 Å². The fourth-order valence-corrected chi connectivity index (χ4v) is 1.87. The molecule has 0 aliphatic rings. The minimum Gasteiger partial charge on any atom is -0.364 e. The summed E-state index contributed by atoms with van der Waals surface area (Å²) in [6.45, 7) is 0.657. The topological polar surface area (TPSA) is 46.0 Å². The van der Waals surface area contributed by atoms with Gasteiger partial charge >= 0.3 is 0 Å². The summed E-state index contributed by atoms with van der Waals surface area (Å²) < 4.78 is 2.04. The standard InChI is InChI=1S/C12H16ClN5/c1-17(2)12-15-8-9(18(12)3)7-14-11-6-4-5-10(13)16-11/h4-6,8H,7H2,1-3H3,(H,14,16). The number of aromatic nitrogens is 3. The molecule has 5 nitrogen and oxygen atoms in total. The van der Waals surface area contributed by atoms with Gasteiger partial charge in [0.05, 0.1) is 18.4 Å². The van der Waals surface area contributed by atoms with Crippen LogP contribution in [0, 0.1) is 0 Å². The quantitative estimate of drug-likeness (QED) is 0.861. The average molecular weight is 266 g/mol. The van der Waals surface area contributed by atoms with Crippen molar-refractivity contribution in [2.24, 2.45) is 7.05 Å². The molecule has 0 aromatic carbocycles. The molecule has 2 aromatic rings. The Balaban J connectivity index is 2.07. The highest BCUT2D eigenvalue weighted by atomic mass is 35.5. The second kappa shape index (κ2) is 5.27. The zero-order valence-electron chi connectivity index (χ0n) is 10.7. The van der Waals surface area contributed by atoms with Crippen LogP contribution in [-0.4, -0.2) is 28.6 Å². The van der Waals surface area contributed by atoms with Gasteiger partial charge in [0.1, 0.15) is 11.0 Å². The normalized spacial score (nSPS) is 10.4. The van der Waals surface area contributed by atoms with Crippen molar-refractivity contribution in [3.05, 3.63) is 35.2 Å². The third-order valence-electron chi connectivity index (χ3n) is 2.63. The van der Waals surface area contributed by atoms with Crippen LogP contribution >= 0.6 is 11.6 Å². The van der Waals surface area contributed by atoms with Crippen molar-refractivity contribution < 1.29 is 0 Å². The molecule has 0 saturated carbocycles. The van der Waals surface area contributed by atoms with E-state index in [0.29, 0.717) is 11.7 Å². The molecule has 6 heteroatoms. The number of rotatable bonds is 4. The van der Waals surface area contributed by atoms with Crippen molar-refractivity contribution in [2.75, 3.05) is 24.3 Å². The molecular weight excluding hydrogens is 250 g/mol. The third kappa shape index (κ3) is 2.73. The van der Waals surface area contributed by atoms with Crippen molar-refractivity contribution in [1.82, 2.24) is 14.5 Å². The first kappa shape index (κ1) is 12.7. The number of hydrogen-bond donors (Lipinski definition) is 1. The van der Waals surface area contributed by atoms with Crippen molar-refractivity contribution in [2.45, 2.75) is 6.54 Å². The summed E-state index contributed by atoms with van der Waals surface area (Å²) in [6, 6.07) is 5.50. The van der Waals surface area contributed by atoms with E-state index in [0.717, 1.165) is 17.5 Å². The van der Waals surface area contributed by atoms with Crippen molar-refractivity contribution in [3.63, 3.8) is 0 Å². The van der Waals surface area contributed by atoms with Crippen LogP contribution in [0.2, 0.25) is 5.15 Å².